The van der Waals surface area contributed by atoms with Crippen molar-refractivity contribution in [1.29, 1.82) is 0 Å². The zero-order valence-corrected chi connectivity index (χ0v) is 14.0. The number of benzene rings is 1. The third-order valence-electron chi connectivity index (χ3n) is 4.09. The molecule has 3 rings (SSSR count). The molecule has 0 saturated carbocycles. The molecule has 0 spiro atoms. The first kappa shape index (κ1) is 15.5. The second-order valence-electron chi connectivity index (χ2n) is 5.77. The Morgan fingerprint density at radius 1 is 1.22 bits per heavy atom. The molecule has 4 heteroatoms. The Morgan fingerprint density at radius 3 is 2.78 bits per heavy atom. The Bertz CT molecular complexity index is 724. The zero-order chi connectivity index (χ0) is 16.2. The number of rotatable bonds is 4. The highest BCUT2D eigenvalue weighted by Crippen LogP contribution is 2.31. The average molecular weight is 309 g/mol. The van der Waals surface area contributed by atoms with Crippen LogP contribution in [-0.4, -0.2) is 29.7 Å². The number of hydrogen-bond donors (Lipinski definition) is 0. The van der Waals surface area contributed by atoms with Gasteiger partial charge in [0.2, 0.25) is 0 Å². The molecule has 120 valence electrons. The van der Waals surface area contributed by atoms with Gasteiger partial charge in [-0.1, -0.05) is 24.3 Å². The van der Waals surface area contributed by atoms with Gasteiger partial charge in [0.1, 0.15) is 5.75 Å². The predicted octanol–water partition coefficient (Wildman–Crippen LogP) is 3.79. The van der Waals surface area contributed by atoms with E-state index in [9.17, 15) is 0 Å². The molecule has 4 nitrogen and oxygen atoms in total. The van der Waals surface area contributed by atoms with Crippen molar-refractivity contribution in [2.45, 2.75) is 27.2 Å². The molecule has 2 heterocycles. The fraction of sp³-hybridized carbons (Fsp3) is 0.368. The highest BCUT2D eigenvalue weighted by atomic mass is 16.5. The van der Waals surface area contributed by atoms with E-state index in [-0.39, 0.29) is 0 Å². The Morgan fingerprint density at radius 2 is 2.04 bits per heavy atom. The summed E-state index contributed by atoms with van der Waals surface area (Å²) in [7, 11) is 0. The van der Waals surface area contributed by atoms with Crippen molar-refractivity contribution >= 4 is 11.4 Å². The summed E-state index contributed by atoms with van der Waals surface area (Å²) >= 11 is 0. The maximum atomic E-state index is 5.76. The van der Waals surface area contributed by atoms with Crippen molar-refractivity contribution in [1.82, 2.24) is 9.97 Å². The normalized spacial score (nSPS) is 14.6. The monoisotopic (exact) mass is 309 g/mol. The van der Waals surface area contributed by atoms with Crippen LogP contribution < -0.4 is 9.64 Å². The van der Waals surface area contributed by atoms with Crippen LogP contribution in [0, 0.1) is 13.8 Å². The molecule has 0 N–H and O–H groups in total. The van der Waals surface area contributed by atoms with Gasteiger partial charge in [-0.15, -0.1) is 0 Å². The highest BCUT2D eigenvalue weighted by Gasteiger charge is 2.18. The summed E-state index contributed by atoms with van der Waals surface area (Å²) < 4.78 is 5.76. The van der Waals surface area contributed by atoms with Crippen LogP contribution in [-0.2, 0) is 0 Å². The SMILES string of the molecule is CCOc1ccccc1C1=CCN(c2nc(C)cnc2C)CC1. The Kier molecular flexibility index (Phi) is 4.60. The first-order valence-corrected chi connectivity index (χ1v) is 8.15. The van der Waals surface area contributed by atoms with Gasteiger partial charge in [-0.25, -0.2) is 4.98 Å². The van der Waals surface area contributed by atoms with Gasteiger partial charge in [0.05, 0.1) is 18.0 Å². The van der Waals surface area contributed by atoms with Gasteiger partial charge in [-0.2, -0.15) is 0 Å². The van der Waals surface area contributed by atoms with Crippen LogP contribution in [0.25, 0.3) is 5.57 Å². The number of aryl methyl sites for hydroxylation is 2. The lowest BCUT2D eigenvalue weighted by Gasteiger charge is -2.29. The summed E-state index contributed by atoms with van der Waals surface area (Å²) in [5.41, 5.74) is 4.51. The molecule has 2 aromatic rings. The van der Waals surface area contributed by atoms with E-state index < -0.39 is 0 Å². The van der Waals surface area contributed by atoms with E-state index >= 15 is 0 Å². The van der Waals surface area contributed by atoms with Crippen LogP contribution in [0.15, 0.2) is 36.5 Å². The lowest BCUT2D eigenvalue weighted by Crippen LogP contribution is -2.30. The molecule has 0 aliphatic carbocycles. The summed E-state index contributed by atoms with van der Waals surface area (Å²) in [6.45, 7) is 8.52. The molecule has 1 aliphatic rings. The molecule has 1 aliphatic heterocycles. The first-order valence-electron chi connectivity index (χ1n) is 8.15. The molecule has 0 atom stereocenters. The molecule has 23 heavy (non-hydrogen) atoms. The summed E-state index contributed by atoms with van der Waals surface area (Å²) in [6.07, 6.45) is 5.09. The summed E-state index contributed by atoms with van der Waals surface area (Å²) in [4.78, 5) is 11.4. The minimum Gasteiger partial charge on any atom is -0.493 e. The van der Waals surface area contributed by atoms with Gasteiger partial charge >= 0.3 is 0 Å². The second-order valence-corrected chi connectivity index (χ2v) is 5.77. The fourth-order valence-electron chi connectivity index (χ4n) is 2.94. The van der Waals surface area contributed by atoms with Crippen molar-refractivity contribution in [2.75, 3.05) is 24.6 Å². The highest BCUT2D eigenvalue weighted by molar-refractivity contribution is 5.72. The van der Waals surface area contributed by atoms with Gasteiger partial charge in [0.25, 0.3) is 0 Å². The van der Waals surface area contributed by atoms with Crippen molar-refractivity contribution in [2.24, 2.45) is 0 Å². The molecule has 0 radical (unpaired) electrons. The predicted molar refractivity (Wildman–Crippen MR) is 93.9 cm³/mol. The topological polar surface area (TPSA) is 38.2 Å². The van der Waals surface area contributed by atoms with Crippen LogP contribution in [0.2, 0.25) is 0 Å². The number of anilines is 1. The van der Waals surface area contributed by atoms with Gasteiger partial charge < -0.3 is 9.64 Å². The zero-order valence-electron chi connectivity index (χ0n) is 14.0. The summed E-state index contributed by atoms with van der Waals surface area (Å²) in [6, 6.07) is 8.28. The second kappa shape index (κ2) is 6.82. The Hall–Kier alpha value is -2.36. The van der Waals surface area contributed by atoms with Crippen LogP contribution in [0.4, 0.5) is 5.82 Å². The van der Waals surface area contributed by atoms with Crippen LogP contribution >= 0.6 is 0 Å². The molecule has 1 aromatic heterocycles. The Labute approximate surface area is 137 Å². The van der Waals surface area contributed by atoms with Gasteiger partial charge in [-0.3, -0.25) is 4.98 Å². The maximum absolute atomic E-state index is 5.76. The minimum atomic E-state index is 0.689. The lowest BCUT2D eigenvalue weighted by atomic mass is 9.98. The van der Waals surface area contributed by atoms with E-state index in [1.807, 2.05) is 39.1 Å². The van der Waals surface area contributed by atoms with E-state index in [0.717, 1.165) is 42.5 Å². The van der Waals surface area contributed by atoms with Crippen LogP contribution in [0.1, 0.15) is 30.3 Å². The first-order chi connectivity index (χ1) is 11.2. The Balaban J connectivity index is 1.82. The smallest absolute Gasteiger partial charge is 0.150 e. The van der Waals surface area contributed by atoms with Crippen molar-refractivity contribution in [3.63, 3.8) is 0 Å². The molecule has 0 fully saturated rings. The van der Waals surface area contributed by atoms with E-state index in [1.54, 1.807) is 0 Å². The molecular formula is C19H23N3O. The fourth-order valence-corrected chi connectivity index (χ4v) is 2.94. The van der Waals surface area contributed by atoms with E-state index in [2.05, 4.69) is 33.1 Å². The van der Waals surface area contributed by atoms with E-state index in [1.165, 1.54) is 11.1 Å². The molecular weight excluding hydrogens is 286 g/mol. The quantitative estimate of drug-likeness (QED) is 0.861. The van der Waals surface area contributed by atoms with Gasteiger partial charge in [0, 0.05) is 24.8 Å². The minimum absolute atomic E-state index is 0.689. The molecule has 0 unspecified atom stereocenters. The largest absolute Gasteiger partial charge is 0.493 e. The number of aromatic nitrogens is 2. The van der Waals surface area contributed by atoms with Crippen LogP contribution in [0.5, 0.6) is 5.75 Å². The molecule has 0 saturated heterocycles. The molecule has 0 bridgehead atoms. The number of ether oxygens (including phenoxy) is 1. The van der Waals surface area contributed by atoms with Gasteiger partial charge in [-0.05, 0) is 38.8 Å². The van der Waals surface area contributed by atoms with Gasteiger partial charge in [0.15, 0.2) is 5.82 Å². The van der Waals surface area contributed by atoms with Crippen LogP contribution in [0.3, 0.4) is 0 Å². The molecule has 0 amide bonds. The van der Waals surface area contributed by atoms with Crippen molar-refractivity contribution < 1.29 is 4.74 Å². The third-order valence-corrected chi connectivity index (χ3v) is 4.09. The number of nitrogens with zero attached hydrogens (tertiary/aromatic N) is 3. The van der Waals surface area contributed by atoms with Crippen molar-refractivity contribution in [3.8, 4) is 5.75 Å². The average Bonchev–Trinajstić information content (AvgIpc) is 2.58. The summed E-state index contributed by atoms with van der Waals surface area (Å²) in [5, 5.41) is 0. The molecule has 1 aromatic carbocycles. The third kappa shape index (κ3) is 3.36. The number of para-hydroxylation sites is 1. The standard InChI is InChI=1S/C19H23N3O/c1-4-23-18-8-6-5-7-17(18)16-9-11-22(12-10-16)19-15(3)20-13-14(2)21-19/h5-9,13H,4,10-12H2,1-3H3. The van der Waals surface area contributed by atoms with Crippen molar-refractivity contribution in [3.05, 3.63) is 53.5 Å². The number of hydrogen-bond acceptors (Lipinski definition) is 4. The maximum Gasteiger partial charge on any atom is 0.150 e. The summed E-state index contributed by atoms with van der Waals surface area (Å²) in [5.74, 6) is 1.97. The lowest BCUT2D eigenvalue weighted by molar-refractivity contribution is 0.339. The van der Waals surface area contributed by atoms with E-state index in [4.69, 9.17) is 4.74 Å². The van der Waals surface area contributed by atoms with E-state index in [0.29, 0.717) is 6.61 Å².